The minimum atomic E-state index is -3.87. The zero-order valence-electron chi connectivity index (χ0n) is 15.4. The molecule has 0 saturated heterocycles. The van der Waals surface area contributed by atoms with Crippen LogP contribution in [-0.4, -0.2) is 20.1 Å². The number of nitrogens with two attached hydrogens (primary N) is 1. The van der Waals surface area contributed by atoms with E-state index in [-0.39, 0.29) is 15.6 Å². The predicted molar refractivity (Wildman–Crippen MR) is 102 cm³/mol. The number of halogens is 1. The molecule has 1 aromatic heterocycles. The summed E-state index contributed by atoms with van der Waals surface area (Å²) in [6.07, 6.45) is 0. The normalized spacial score (nSPS) is 11.6. The highest BCUT2D eigenvalue weighted by Crippen LogP contribution is 2.34. The Bertz CT molecular complexity index is 1090. The summed E-state index contributed by atoms with van der Waals surface area (Å²) in [6.45, 7) is 3.92. The van der Waals surface area contributed by atoms with Crippen LogP contribution in [0.1, 0.15) is 16.8 Å². The smallest absolute Gasteiger partial charge is 0.210 e. The van der Waals surface area contributed by atoms with Crippen LogP contribution in [0.15, 0.2) is 58.3 Å². The lowest BCUT2D eigenvalue weighted by atomic mass is 10.2. The molecular weight excluding hydrogens is 367 g/mol. The zero-order valence-corrected chi connectivity index (χ0v) is 16.2. The van der Waals surface area contributed by atoms with Crippen molar-refractivity contribution in [2.24, 2.45) is 0 Å². The first-order chi connectivity index (χ1) is 12.8. The highest BCUT2D eigenvalue weighted by Gasteiger charge is 2.28. The van der Waals surface area contributed by atoms with E-state index in [4.69, 9.17) is 10.5 Å². The number of anilines is 1. The van der Waals surface area contributed by atoms with Crippen LogP contribution in [-0.2, 0) is 16.4 Å². The van der Waals surface area contributed by atoms with Crippen LogP contribution in [0, 0.1) is 19.7 Å². The Labute approximate surface area is 158 Å². The van der Waals surface area contributed by atoms with E-state index in [1.165, 1.54) is 12.1 Å². The van der Waals surface area contributed by atoms with Gasteiger partial charge in [-0.2, -0.15) is 0 Å². The molecule has 5 nitrogen and oxygen atoms in total. The van der Waals surface area contributed by atoms with Gasteiger partial charge in [-0.1, -0.05) is 18.2 Å². The summed E-state index contributed by atoms with van der Waals surface area (Å²) in [5, 5.41) is 0. The van der Waals surface area contributed by atoms with Crippen LogP contribution in [0.4, 0.5) is 10.2 Å². The van der Waals surface area contributed by atoms with Crippen LogP contribution in [0.25, 0.3) is 0 Å². The molecule has 0 bridgehead atoms. The lowest BCUT2D eigenvalue weighted by Crippen LogP contribution is -2.10. The Morgan fingerprint density at radius 1 is 1.07 bits per heavy atom. The lowest BCUT2D eigenvalue weighted by Gasteiger charge is -2.13. The average Bonchev–Trinajstić information content (AvgIpc) is 2.86. The van der Waals surface area contributed by atoms with E-state index in [0.717, 1.165) is 23.4 Å². The van der Waals surface area contributed by atoms with Crippen LogP contribution in [0.2, 0.25) is 0 Å². The number of para-hydroxylation sites is 1. The van der Waals surface area contributed by atoms with Crippen molar-refractivity contribution in [1.82, 2.24) is 4.57 Å². The molecular formula is C20H21FN2O3S. The molecule has 0 aliphatic carbocycles. The van der Waals surface area contributed by atoms with Gasteiger partial charge in [0.05, 0.1) is 18.6 Å². The van der Waals surface area contributed by atoms with Gasteiger partial charge in [0, 0.05) is 11.3 Å². The van der Waals surface area contributed by atoms with Crippen molar-refractivity contribution in [1.29, 1.82) is 0 Å². The van der Waals surface area contributed by atoms with Crippen LogP contribution < -0.4 is 10.5 Å². The molecule has 27 heavy (non-hydrogen) atoms. The topological polar surface area (TPSA) is 74.3 Å². The van der Waals surface area contributed by atoms with Gasteiger partial charge in [0.2, 0.25) is 9.84 Å². The predicted octanol–water partition coefficient (Wildman–Crippen LogP) is 3.72. The van der Waals surface area contributed by atoms with Gasteiger partial charge >= 0.3 is 0 Å². The fourth-order valence-electron chi connectivity index (χ4n) is 3.14. The number of hydrogen-bond acceptors (Lipinski definition) is 4. The second-order valence-corrected chi connectivity index (χ2v) is 8.17. The van der Waals surface area contributed by atoms with Crippen LogP contribution >= 0.6 is 0 Å². The summed E-state index contributed by atoms with van der Waals surface area (Å²) in [5.74, 6) is 0.356. The second kappa shape index (κ2) is 7.08. The molecule has 0 atom stereocenters. The van der Waals surface area contributed by atoms with E-state index in [0.29, 0.717) is 17.9 Å². The van der Waals surface area contributed by atoms with Crippen molar-refractivity contribution >= 4 is 15.7 Å². The molecule has 2 aromatic carbocycles. The van der Waals surface area contributed by atoms with Crippen molar-refractivity contribution in [2.45, 2.75) is 30.2 Å². The minimum absolute atomic E-state index is 0.00754. The molecule has 0 saturated carbocycles. The van der Waals surface area contributed by atoms with E-state index in [2.05, 4.69) is 0 Å². The van der Waals surface area contributed by atoms with E-state index in [1.807, 2.05) is 31.2 Å². The molecule has 0 aliphatic rings. The molecule has 0 fully saturated rings. The lowest BCUT2D eigenvalue weighted by molar-refractivity contribution is 0.408. The third kappa shape index (κ3) is 3.30. The molecule has 0 radical (unpaired) electrons. The molecule has 1 heterocycles. The van der Waals surface area contributed by atoms with Gasteiger partial charge in [-0.15, -0.1) is 0 Å². The van der Waals surface area contributed by atoms with E-state index in [1.54, 1.807) is 18.6 Å². The van der Waals surface area contributed by atoms with Crippen LogP contribution in [0.5, 0.6) is 5.75 Å². The van der Waals surface area contributed by atoms with Crippen molar-refractivity contribution in [3.63, 3.8) is 0 Å². The Morgan fingerprint density at radius 2 is 1.70 bits per heavy atom. The van der Waals surface area contributed by atoms with Gasteiger partial charge < -0.3 is 15.0 Å². The van der Waals surface area contributed by atoms with Crippen molar-refractivity contribution in [3.8, 4) is 5.75 Å². The van der Waals surface area contributed by atoms with Gasteiger partial charge in [-0.25, -0.2) is 12.8 Å². The second-order valence-electron chi connectivity index (χ2n) is 6.28. The standard InChI is InChI=1S/C20H21FN2O3S/c1-13-14(2)23(12-15-6-4-5-7-18(15)26-3)20(22)19(13)27(24,25)17-10-8-16(21)9-11-17/h4-11H,12,22H2,1-3H3. The van der Waals surface area contributed by atoms with Gasteiger partial charge in [0.1, 0.15) is 22.3 Å². The summed E-state index contributed by atoms with van der Waals surface area (Å²) >= 11 is 0. The third-order valence-electron chi connectivity index (χ3n) is 4.73. The van der Waals surface area contributed by atoms with Crippen molar-refractivity contribution in [2.75, 3.05) is 12.8 Å². The number of nitrogen functional groups attached to an aromatic ring is 1. The van der Waals surface area contributed by atoms with Gasteiger partial charge in [-0.3, -0.25) is 0 Å². The molecule has 2 N–H and O–H groups in total. The summed E-state index contributed by atoms with van der Waals surface area (Å²) in [6, 6.07) is 12.2. The molecule has 0 aliphatic heterocycles. The highest BCUT2D eigenvalue weighted by atomic mass is 32.2. The number of ether oxygens (including phenoxy) is 1. The maximum Gasteiger partial charge on any atom is 0.210 e. The zero-order chi connectivity index (χ0) is 19.8. The van der Waals surface area contributed by atoms with Gasteiger partial charge in [-0.05, 0) is 49.7 Å². The Balaban J connectivity index is 2.12. The van der Waals surface area contributed by atoms with Gasteiger partial charge in [0.15, 0.2) is 0 Å². The maximum atomic E-state index is 13.2. The number of hydrogen-bond donors (Lipinski definition) is 1. The quantitative estimate of drug-likeness (QED) is 0.676. The molecule has 0 amide bonds. The first-order valence-electron chi connectivity index (χ1n) is 8.35. The number of methoxy groups -OCH3 is 1. The molecule has 3 aromatic rings. The summed E-state index contributed by atoms with van der Waals surface area (Å²) in [4.78, 5) is 0.0645. The fraction of sp³-hybridized carbons (Fsp3) is 0.200. The summed E-state index contributed by atoms with van der Waals surface area (Å²) < 4.78 is 46.5. The average molecular weight is 388 g/mol. The van der Waals surface area contributed by atoms with E-state index in [9.17, 15) is 12.8 Å². The number of benzene rings is 2. The van der Waals surface area contributed by atoms with Crippen molar-refractivity contribution < 1.29 is 17.5 Å². The monoisotopic (exact) mass is 388 g/mol. The first kappa shape index (κ1) is 19.0. The molecule has 142 valence electrons. The number of aromatic nitrogens is 1. The third-order valence-corrected chi connectivity index (χ3v) is 6.67. The summed E-state index contributed by atoms with van der Waals surface area (Å²) in [5.41, 5.74) is 8.48. The van der Waals surface area contributed by atoms with Gasteiger partial charge in [0.25, 0.3) is 0 Å². The minimum Gasteiger partial charge on any atom is -0.496 e. The SMILES string of the molecule is COc1ccccc1Cn1c(C)c(C)c(S(=O)(=O)c2ccc(F)cc2)c1N. The largest absolute Gasteiger partial charge is 0.496 e. The van der Waals surface area contributed by atoms with E-state index < -0.39 is 15.7 Å². The number of nitrogens with zero attached hydrogens (tertiary/aromatic N) is 1. The molecule has 7 heteroatoms. The van der Waals surface area contributed by atoms with Crippen molar-refractivity contribution in [3.05, 3.63) is 71.2 Å². The highest BCUT2D eigenvalue weighted by molar-refractivity contribution is 7.91. The maximum absolute atomic E-state index is 13.2. The molecule has 0 spiro atoms. The number of sulfone groups is 1. The summed E-state index contributed by atoms with van der Waals surface area (Å²) in [7, 11) is -2.29. The first-order valence-corrected chi connectivity index (χ1v) is 9.83. The Kier molecular flexibility index (Phi) is 4.97. The molecule has 0 unspecified atom stereocenters. The number of rotatable bonds is 5. The Morgan fingerprint density at radius 3 is 2.33 bits per heavy atom. The van der Waals surface area contributed by atoms with Crippen LogP contribution in [0.3, 0.4) is 0 Å². The molecule has 3 rings (SSSR count). The Hall–Kier alpha value is -2.80. The fourth-order valence-corrected chi connectivity index (χ4v) is 4.81. The van der Waals surface area contributed by atoms with E-state index >= 15 is 0 Å².